The first kappa shape index (κ1) is 14.9. The molecule has 0 atom stereocenters. The number of nitrogens with one attached hydrogen (secondary N) is 1. The summed E-state index contributed by atoms with van der Waals surface area (Å²) in [6.07, 6.45) is 0. The largest absolute Gasteiger partial charge is 0.495 e. The Kier molecular flexibility index (Phi) is 5.05. The highest BCUT2D eigenvalue weighted by Crippen LogP contribution is 2.31. The van der Waals surface area contributed by atoms with Gasteiger partial charge >= 0.3 is 5.97 Å². The molecule has 1 aromatic carbocycles. The molecule has 0 fully saturated rings. The van der Waals surface area contributed by atoms with E-state index in [1.54, 1.807) is 18.2 Å². The summed E-state index contributed by atoms with van der Waals surface area (Å²) in [4.78, 5) is 10.5. The van der Waals surface area contributed by atoms with Gasteiger partial charge in [-0.05, 0) is 12.1 Å². The number of carbonyl (C=O) groups is 1. The van der Waals surface area contributed by atoms with Crippen molar-refractivity contribution in [3.05, 3.63) is 23.2 Å². The average Bonchev–Trinajstić information content (AvgIpc) is 2.86. The Morgan fingerprint density at radius 2 is 2.35 bits per heavy atom. The van der Waals surface area contributed by atoms with Crippen LogP contribution in [-0.2, 0) is 4.79 Å². The van der Waals surface area contributed by atoms with E-state index in [0.29, 0.717) is 20.2 Å². The Balaban J connectivity index is 2.04. The number of anilines is 2. The molecular weight excluding hydrogens is 322 g/mol. The number of methoxy groups -OCH3 is 1. The number of rotatable bonds is 6. The molecule has 2 aromatic rings. The van der Waals surface area contributed by atoms with Gasteiger partial charge in [0.15, 0.2) is 4.34 Å². The number of hydrogen-bond acceptors (Lipinski definition) is 7. The van der Waals surface area contributed by atoms with Crippen LogP contribution in [0.2, 0.25) is 5.02 Å². The fourth-order valence-electron chi connectivity index (χ4n) is 1.30. The van der Waals surface area contributed by atoms with Gasteiger partial charge in [0.05, 0.1) is 17.9 Å². The van der Waals surface area contributed by atoms with Crippen molar-refractivity contribution in [1.29, 1.82) is 0 Å². The lowest BCUT2D eigenvalue weighted by Gasteiger charge is -2.06. The van der Waals surface area contributed by atoms with Crippen LogP contribution in [0, 0.1) is 0 Å². The highest BCUT2D eigenvalue weighted by Gasteiger charge is 2.08. The standard InChI is InChI=1S/C11H10ClN3O3S2/c1-18-8-4-6(2-3-7(8)12)13-10-14-15-11(20-10)19-5-9(16)17/h2-4H,5H2,1H3,(H,13,14)(H,16,17). The Labute approximate surface area is 128 Å². The van der Waals surface area contributed by atoms with Crippen LogP contribution in [0.3, 0.4) is 0 Å². The van der Waals surface area contributed by atoms with Crippen molar-refractivity contribution in [2.24, 2.45) is 0 Å². The van der Waals surface area contributed by atoms with Crippen LogP contribution >= 0.6 is 34.7 Å². The minimum absolute atomic E-state index is 0.0383. The molecule has 0 radical (unpaired) electrons. The van der Waals surface area contributed by atoms with Crippen molar-refractivity contribution in [1.82, 2.24) is 10.2 Å². The molecule has 0 bridgehead atoms. The first-order chi connectivity index (χ1) is 9.58. The van der Waals surface area contributed by atoms with E-state index >= 15 is 0 Å². The van der Waals surface area contributed by atoms with Gasteiger partial charge < -0.3 is 15.2 Å². The summed E-state index contributed by atoms with van der Waals surface area (Å²) in [6, 6.07) is 5.24. The van der Waals surface area contributed by atoms with E-state index in [1.807, 2.05) is 0 Å². The zero-order chi connectivity index (χ0) is 14.5. The second kappa shape index (κ2) is 6.78. The molecule has 0 saturated carbocycles. The average molecular weight is 332 g/mol. The van der Waals surface area contributed by atoms with Crippen molar-refractivity contribution >= 4 is 51.5 Å². The topological polar surface area (TPSA) is 84.3 Å². The van der Waals surface area contributed by atoms with Gasteiger partial charge in [0, 0.05) is 11.8 Å². The zero-order valence-corrected chi connectivity index (χ0v) is 12.7. The Morgan fingerprint density at radius 3 is 3.05 bits per heavy atom. The second-order valence-corrected chi connectivity index (χ2v) is 6.14. The molecule has 0 aliphatic heterocycles. The molecule has 0 unspecified atom stereocenters. The van der Waals surface area contributed by atoms with Crippen molar-refractivity contribution in [2.75, 3.05) is 18.2 Å². The molecule has 1 heterocycles. The van der Waals surface area contributed by atoms with Gasteiger partial charge in [0.2, 0.25) is 5.13 Å². The van der Waals surface area contributed by atoms with Crippen molar-refractivity contribution in [2.45, 2.75) is 4.34 Å². The van der Waals surface area contributed by atoms with Gasteiger partial charge in [0.1, 0.15) is 5.75 Å². The smallest absolute Gasteiger partial charge is 0.313 e. The van der Waals surface area contributed by atoms with Crippen molar-refractivity contribution in [3.63, 3.8) is 0 Å². The Bertz CT molecular complexity index is 621. The molecule has 1 aromatic heterocycles. The summed E-state index contributed by atoms with van der Waals surface area (Å²) >= 11 is 8.35. The lowest BCUT2D eigenvalue weighted by atomic mass is 10.3. The molecular formula is C11H10ClN3O3S2. The van der Waals surface area contributed by atoms with E-state index in [1.165, 1.54) is 18.4 Å². The lowest BCUT2D eigenvalue weighted by molar-refractivity contribution is -0.133. The van der Waals surface area contributed by atoms with Crippen LogP contribution in [0.4, 0.5) is 10.8 Å². The maximum Gasteiger partial charge on any atom is 0.313 e. The third kappa shape index (κ3) is 3.99. The van der Waals surface area contributed by atoms with E-state index in [2.05, 4.69) is 15.5 Å². The molecule has 20 heavy (non-hydrogen) atoms. The van der Waals surface area contributed by atoms with Crippen LogP contribution in [0.15, 0.2) is 22.5 Å². The van der Waals surface area contributed by atoms with E-state index in [9.17, 15) is 4.79 Å². The fraction of sp³-hybridized carbons (Fsp3) is 0.182. The molecule has 106 valence electrons. The Morgan fingerprint density at radius 1 is 1.55 bits per heavy atom. The van der Waals surface area contributed by atoms with E-state index in [-0.39, 0.29) is 5.75 Å². The number of benzene rings is 1. The minimum atomic E-state index is -0.887. The highest BCUT2D eigenvalue weighted by molar-refractivity contribution is 8.01. The van der Waals surface area contributed by atoms with Gasteiger partial charge in [-0.3, -0.25) is 4.79 Å². The fourth-order valence-corrected chi connectivity index (χ4v) is 2.99. The van der Waals surface area contributed by atoms with Gasteiger partial charge in [-0.25, -0.2) is 0 Å². The SMILES string of the molecule is COc1cc(Nc2nnc(SCC(=O)O)s2)ccc1Cl. The third-order valence-electron chi connectivity index (χ3n) is 2.13. The van der Waals surface area contributed by atoms with Crippen LogP contribution in [0.5, 0.6) is 5.75 Å². The third-order valence-corrected chi connectivity index (χ3v) is 4.40. The van der Waals surface area contributed by atoms with Crippen LogP contribution in [0.1, 0.15) is 0 Å². The molecule has 2 N–H and O–H groups in total. The molecule has 6 nitrogen and oxygen atoms in total. The van der Waals surface area contributed by atoms with E-state index in [0.717, 1.165) is 17.4 Å². The number of nitrogens with zero attached hydrogens (tertiary/aromatic N) is 2. The minimum Gasteiger partial charge on any atom is -0.495 e. The summed E-state index contributed by atoms with van der Waals surface area (Å²) in [7, 11) is 1.54. The van der Waals surface area contributed by atoms with Gasteiger partial charge in [0.25, 0.3) is 0 Å². The first-order valence-electron chi connectivity index (χ1n) is 5.37. The van der Waals surface area contributed by atoms with Gasteiger partial charge in [-0.15, -0.1) is 10.2 Å². The number of hydrogen-bond donors (Lipinski definition) is 2. The van der Waals surface area contributed by atoms with Crippen molar-refractivity contribution < 1.29 is 14.6 Å². The molecule has 2 rings (SSSR count). The summed E-state index contributed by atoms with van der Waals surface area (Å²) in [5.74, 6) is -0.368. The van der Waals surface area contributed by atoms with E-state index < -0.39 is 5.97 Å². The quantitative estimate of drug-likeness (QED) is 0.786. The summed E-state index contributed by atoms with van der Waals surface area (Å²) < 4.78 is 5.71. The Hall–Kier alpha value is -1.51. The second-order valence-electron chi connectivity index (χ2n) is 3.53. The normalized spacial score (nSPS) is 10.3. The van der Waals surface area contributed by atoms with E-state index in [4.69, 9.17) is 21.4 Å². The number of carboxylic acids is 1. The molecule has 0 amide bonds. The summed E-state index contributed by atoms with van der Waals surface area (Å²) in [5, 5.41) is 20.6. The van der Waals surface area contributed by atoms with Gasteiger partial charge in [-0.2, -0.15) is 0 Å². The molecule has 0 aliphatic carbocycles. The lowest BCUT2D eigenvalue weighted by Crippen LogP contribution is -1.96. The van der Waals surface area contributed by atoms with Crippen molar-refractivity contribution in [3.8, 4) is 5.75 Å². The highest BCUT2D eigenvalue weighted by atomic mass is 35.5. The van der Waals surface area contributed by atoms with Gasteiger partial charge in [-0.1, -0.05) is 34.7 Å². The summed E-state index contributed by atoms with van der Waals surface area (Å²) in [5.41, 5.74) is 0.761. The maximum atomic E-state index is 10.5. The maximum absolute atomic E-state index is 10.5. The van der Waals surface area contributed by atoms with Crippen LogP contribution in [-0.4, -0.2) is 34.1 Å². The predicted octanol–water partition coefficient (Wildman–Crippen LogP) is 3.12. The monoisotopic (exact) mass is 331 g/mol. The molecule has 0 saturated heterocycles. The summed E-state index contributed by atoms with van der Waals surface area (Å²) in [6.45, 7) is 0. The molecule has 9 heteroatoms. The van der Waals surface area contributed by atoms with Crippen LogP contribution < -0.4 is 10.1 Å². The number of ether oxygens (including phenoxy) is 1. The number of thioether (sulfide) groups is 1. The zero-order valence-electron chi connectivity index (χ0n) is 10.3. The molecule has 0 spiro atoms. The first-order valence-corrected chi connectivity index (χ1v) is 7.55. The number of carboxylic acid groups (broad SMARTS) is 1. The number of aromatic nitrogens is 2. The molecule has 0 aliphatic rings. The predicted molar refractivity (Wildman–Crippen MR) is 79.6 cm³/mol. The number of halogens is 1. The van der Waals surface area contributed by atoms with Crippen LogP contribution in [0.25, 0.3) is 0 Å². The number of aliphatic carboxylic acids is 1.